The number of imidazole rings is 1. The zero-order chi connectivity index (χ0) is 31.0. The van der Waals surface area contributed by atoms with Crippen LogP contribution in [-0.4, -0.2) is 60.2 Å². The molecule has 14 heteroatoms. The molecule has 44 heavy (non-hydrogen) atoms. The number of amides is 1. The molecule has 5 aromatic rings. The van der Waals surface area contributed by atoms with E-state index in [9.17, 15) is 14.4 Å². The van der Waals surface area contributed by atoms with Gasteiger partial charge in [0.1, 0.15) is 17.6 Å². The number of rotatable bonds is 2. The first-order chi connectivity index (χ1) is 21.0. The number of halogens is 2. The minimum absolute atomic E-state index is 0.0366. The average Bonchev–Trinajstić information content (AvgIpc) is 3.71. The van der Waals surface area contributed by atoms with Gasteiger partial charge < -0.3 is 19.8 Å². The molecule has 0 radical (unpaired) electrons. The smallest absolute Gasteiger partial charge is 0.407 e. The van der Waals surface area contributed by atoms with E-state index in [2.05, 4.69) is 20.4 Å². The third kappa shape index (κ3) is 4.19. The number of hydrogen-bond donors (Lipinski definition) is 2. The number of esters is 1. The summed E-state index contributed by atoms with van der Waals surface area (Å²) in [6, 6.07) is 3.50. The van der Waals surface area contributed by atoms with Crippen molar-refractivity contribution in [3.8, 4) is 22.4 Å². The first-order valence-electron chi connectivity index (χ1n) is 14.2. The van der Waals surface area contributed by atoms with Gasteiger partial charge in [-0.25, -0.2) is 19.0 Å². The molecule has 3 aliphatic rings. The average molecular weight is 606 g/mol. The van der Waals surface area contributed by atoms with Crippen LogP contribution in [-0.2, 0) is 28.4 Å². The number of nitrogens with zero attached hydrogens (tertiary/aromatic N) is 5. The molecule has 2 N–H and O–H groups in total. The van der Waals surface area contributed by atoms with Crippen molar-refractivity contribution in [3.63, 3.8) is 0 Å². The molecule has 1 aromatic carbocycles. The lowest BCUT2D eigenvalue weighted by Crippen LogP contribution is -2.42. The summed E-state index contributed by atoms with van der Waals surface area (Å²) in [6.45, 7) is 1.79. The number of nitrogens with one attached hydrogen (secondary N) is 2. The molecule has 12 nitrogen and oxygen atoms in total. The van der Waals surface area contributed by atoms with Crippen LogP contribution in [0.15, 0.2) is 35.4 Å². The SMILES string of the molecule is COC(=O)N[C@H]1C[C@H]2C[C@H]1OC(=O)C[C@@H](C)c1ccc(c(F)c1)-c1c(-c3cn(C)nc3F)[nH]c3ncc4c(c13)n2c(=O)n4C. The summed E-state index contributed by atoms with van der Waals surface area (Å²) in [5.74, 6) is -2.26. The Balaban J connectivity index is 1.58. The van der Waals surface area contributed by atoms with Crippen molar-refractivity contribution in [1.29, 1.82) is 0 Å². The number of alkyl carbamates (subject to hydrolysis) is 1. The standard InChI is InChI=1S/C30H29F2N7O5/c1-13-7-22(40)44-21-10-15(9-19(21)34-29(41)43-4)39-26-20(38(3)30(39)42)11-33-28-24(26)23(16-6-5-14(13)8-18(16)31)25(35-28)17-12-37(2)36-27(17)32/h5-6,8,11-13,15,19,21H,7,9-10H2,1-4H3,(H,33,35)(H,34,41)/t13-,15+,19+,21-/m1/s1. The van der Waals surface area contributed by atoms with Crippen molar-refractivity contribution in [2.24, 2.45) is 14.1 Å². The molecule has 1 amide bonds. The monoisotopic (exact) mass is 605 g/mol. The van der Waals surface area contributed by atoms with E-state index in [1.807, 2.05) is 0 Å². The van der Waals surface area contributed by atoms with Crippen molar-refractivity contribution >= 4 is 34.1 Å². The zero-order valence-corrected chi connectivity index (χ0v) is 24.4. The highest BCUT2D eigenvalue weighted by Crippen LogP contribution is 2.44. The van der Waals surface area contributed by atoms with Crippen LogP contribution in [0.3, 0.4) is 0 Å². The van der Waals surface area contributed by atoms with Crippen LogP contribution in [0.1, 0.15) is 43.7 Å². The quantitative estimate of drug-likeness (QED) is 0.290. The van der Waals surface area contributed by atoms with Gasteiger partial charge in [-0.1, -0.05) is 19.1 Å². The molecular formula is C30H29F2N7O5. The van der Waals surface area contributed by atoms with E-state index in [1.165, 1.54) is 34.8 Å². The van der Waals surface area contributed by atoms with Crippen molar-refractivity contribution in [3.05, 3.63) is 58.4 Å². The Morgan fingerprint density at radius 1 is 1.18 bits per heavy atom. The van der Waals surface area contributed by atoms with Crippen LogP contribution < -0.4 is 11.0 Å². The minimum Gasteiger partial charge on any atom is -0.460 e. The number of methoxy groups -OCH3 is 1. The molecule has 4 atom stereocenters. The number of carbonyl (C=O) groups is 2. The number of benzene rings is 1. The number of ether oxygens (including phenoxy) is 2. The van der Waals surface area contributed by atoms with Crippen molar-refractivity contribution in [1.82, 2.24) is 34.2 Å². The van der Waals surface area contributed by atoms with Gasteiger partial charge in [-0.15, -0.1) is 5.10 Å². The van der Waals surface area contributed by atoms with Crippen molar-refractivity contribution in [2.45, 2.75) is 50.3 Å². The Labute approximate surface area is 248 Å². The lowest BCUT2D eigenvalue weighted by Gasteiger charge is -2.21. The number of pyridine rings is 1. The molecule has 4 aromatic heterocycles. The van der Waals surface area contributed by atoms with Gasteiger partial charge in [0.2, 0.25) is 5.95 Å². The molecular weight excluding hydrogens is 576 g/mol. The number of aromatic nitrogens is 6. The maximum absolute atomic E-state index is 16.2. The summed E-state index contributed by atoms with van der Waals surface area (Å²) < 4.78 is 46.4. The number of aryl methyl sites for hydroxylation is 2. The van der Waals surface area contributed by atoms with E-state index in [0.29, 0.717) is 33.2 Å². The Bertz CT molecular complexity index is 2060. The van der Waals surface area contributed by atoms with Gasteiger partial charge in [0.05, 0.1) is 53.4 Å². The third-order valence-electron chi connectivity index (χ3n) is 8.84. The fraction of sp³-hybridized carbons (Fsp3) is 0.367. The second-order valence-electron chi connectivity index (χ2n) is 11.5. The Hall–Kier alpha value is -5.01. The number of aromatic amines is 1. The van der Waals surface area contributed by atoms with E-state index in [4.69, 9.17) is 9.47 Å². The minimum atomic E-state index is -0.760. The van der Waals surface area contributed by atoms with Gasteiger partial charge in [-0.05, 0) is 24.0 Å². The Morgan fingerprint density at radius 3 is 2.68 bits per heavy atom. The van der Waals surface area contributed by atoms with Gasteiger partial charge >= 0.3 is 17.8 Å². The van der Waals surface area contributed by atoms with Crippen LogP contribution in [0.25, 0.3) is 44.5 Å². The van der Waals surface area contributed by atoms with Crippen molar-refractivity contribution in [2.75, 3.05) is 7.11 Å². The summed E-state index contributed by atoms with van der Waals surface area (Å²) >= 11 is 0. The molecule has 1 fully saturated rings. The molecule has 6 heterocycles. The molecule has 1 aliphatic carbocycles. The summed E-state index contributed by atoms with van der Waals surface area (Å²) in [6.07, 6.45) is 2.01. The van der Waals surface area contributed by atoms with E-state index in [1.54, 1.807) is 37.7 Å². The van der Waals surface area contributed by atoms with Crippen LogP contribution in [0.4, 0.5) is 13.6 Å². The van der Waals surface area contributed by atoms with Crippen LogP contribution in [0, 0.1) is 11.8 Å². The second-order valence-corrected chi connectivity index (χ2v) is 11.5. The molecule has 0 spiro atoms. The third-order valence-corrected chi connectivity index (χ3v) is 8.84. The summed E-state index contributed by atoms with van der Waals surface area (Å²) in [4.78, 5) is 47.0. The van der Waals surface area contributed by atoms with E-state index < -0.39 is 47.9 Å². The highest BCUT2D eigenvalue weighted by atomic mass is 19.1. The zero-order valence-electron chi connectivity index (χ0n) is 24.4. The maximum atomic E-state index is 16.2. The maximum Gasteiger partial charge on any atom is 0.407 e. The highest BCUT2D eigenvalue weighted by molar-refractivity contribution is 6.14. The molecule has 0 saturated heterocycles. The first-order valence-corrected chi connectivity index (χ1v) is 14.2. The molecule has 4 bridgehead atoms. The molecule has 8 rings (SSSR count). The largest absolute Gasteiger partial charge is 0.460 e. The lowest BCUT2D eigenvalue weighted by molar-refractivity contribution is -0.150. The topological polar surface area (TPSA) is 138 Å². The number of hydrogen-bond acceptors (Lipinski definition) is 7. The molecule has 1 saturated carbocycles. The molecule has 228 valence electrons. The number of carbonyl (C=O) groups excluding carboxylic acids is 2. The fourth-order valence-electron chi connectivity index (χ4n) is 6.72. The van der Waals surface area contributed by atoms with Gasteiger partial charge in [0.15, 0.2) is 0 Å². The van der Waals surface area contributed by atoms with E-state index >= 15 is 8.78 Å². The predicted octanol–water partition coefficient (Wildman–Crippen LogP) is 4.04. The highest BCUT2D eigenvalue weighted by Gasteiger charge is 2.41. The fourth-order valence-corrected chi connectivity index (χ4v) is 6.72. The number of H-pyrrole nitrogens is 1. The Morgan fingerprint density at radius 2 is 1.98 bits per heavy atom. The van der Waals surface area contributed by atoms with Crippen LogP contribution in [0.2, 0.25) is 0 Å². The van der Waals surface area contributed by atoms with Gasteiger partial charge in [-0.2, -0.15) is 4.39 Å². The summed E-state index contributed by atoms with van der Waals surface area (Å²) in [5.41, 5.74) is 2.27. The lowest BCUT2D eigenvalue weighted by atomic mass is 9.93. The van der Waals surface area contributed by atoms with Gasteiger partial charge in [0.25, 0.3) is 0 Å². The van der Waals surface area contributed by atoms with Crippen LogP contribution in [0.5, 0.6) is 0 Å². The molecule has 2 aliphatic heterocycles. The summed E-state index contributed by atoms with van der Waals surface area (Å²) in [5, 5.41) is 7.03. The van der Waals surface area contributed by atoms with E-state index in [0.717, 1.165) is 0 Å². The van der Waals surface area contributed by atoms with Gasteiger partial charge in [-0.3, -0.25) is 18.6 Å². The number of fused-ring (bicyclic) bond motifs is 5. The first kappa shape index (κ1) is 27.8. The molecule has 0 unspecified atom stereocenters. The van der Waals surface area contributed by atoms with Gasteiger partial charge in [0, 0.05) is 43.9 Å². The second kappa shape index (κ2) is 10.0. The normalized spacial score (nSPS) is 21.5. The summed E-state index contributed by atoms with van der Waals surface area (Å²) in [7, 11) is 4.42. The van der Waals surface area contributed by atoms with Crippen molar-refractivity contribution < 1.29 is 27.8 Å². The van der Waals surface area contributed by atoms with Crippen LogP contribution >= 0.6 is 0 Å². The predicted molar refractivity (Wildman–Crippen MR) is 155 cm³/mol. The van der Waals surface area contributed by atoms with E-state index in [-0.39, 0.29) is 41.8 Å². The Kier molecular flexibility index (Phi) is 6.34.